The van der Waals surface area contributed by atoms with Crippen molar-refractivity contribution < 1.29 is 13.2 Å². The first kappa shape index (κ1) is 20.8. The Balaban J connectivity index is 2.16. The van der Waals surface area contributed by atoms with Crippen molar-refractivity contribution in [2.45, 2.75) is 44.9 Å². The largest absolute Gasteiger partial charge is 0.379 e. The van der Waals surface area contributed by atoms with Gasteiger partial charge in [0.15, 0.2) is 0 Å². The minimum atomic E-state index is -3.10. The molecule has 7 heteroatoms. The second kappa shape index (κ2) is 12.2. The lowest BCUT2D eigenvalue weighted by atomic mass is 10.1. The van der Waals surface area contributed by atoms with Gasteiger partial charge in [0.05, 0.1) is 19.5 Å². The van der Waals surface area contributed by atoms with Gasteiger partial charge in [-0.15, -0.1) is 0 Å². The van der Waals surface area contributed by atoms with Crippen molar-refractivity contribution in [3.63, 3.8) is 0 Å². The Morgan fingerprint density at radius 2 is 1.52 bits per heavy atom. The van der Waals surface area contributed by atoms with E-state index in [-0.39, 0.29) is 0 Å². The van der Waals surface area contributed by atoms with E-state index < -0.39 is 10.0 Å². The first-order valence-corrected chi connectivity index (χ1v) is 10.8. The Hall–Kier alpha value is -0.210. The maximum atomic E-state index is 11.9. The molecule has 0 radical (unpaired) electrons. The predicted molar refractivity (Wildman–Crippen MR) is 95.0 cm³/mol. The van der Waals surface area contributed by atoms with Gasteiger partial charge in [-0.3, -0.25) is 4.90 Å². The highest BCUT2D eigenvalue weighted by molar-refractivity contribution is 7.88. The molecule has 1 aliphatic rings. The Morgan fingerprint density at radius 1 is 0.957 bits per heavy atom. The quantitative estimate of drug-likeness (QED) is 0.507. The maximum absolute atomic E-state index is 11.9. The number of sulfonamides is 1. The van der Waals surface area contributed by atoms with Gasteiger partial charge >= 0.3 is 0 Å². The third-order valence-electron chi connectivity index (χ3n) is 4.32. The van der Waals surface area contributed by atoms with Gasteiger partial charge in [-0.25, -0.2) is 12.7 Å². The van der Waals surface area contributed by atoms with Crippen LogP contribution in [0.3, 0.4) is 0 Å². The number of nitrogens with two attached hydrogens (primary N) is 1. The second-order valence-electron chi connectivity index (χ2n) is 6.38. The summed E-state index contributed by atoms with van der Waals surface area (Å²) in [7, 11) is -3.10. The fraction of sp³-hybridized carbons (Fsp3) is 1.00. The third kappa shape index (κ3) is 10.3. The third-order valence-corrected chi connectivity index (χ3v) is 5.62. The second-order valence-corrected chi connectivity index (χ2v) is 8.36. The number of morpholine rings is 1. The van der Waals surface area contributed by atoms with Gasteiger partial charge in [-0.2, -0.15) is 0 Å². The zero-order chi connectivity index (χ0) is 17.0. The molecule has 2 N–H and O–H groups in total. The summed E-state index contributed by atoms with van der Waals surface area (Å²) < 4.78 is 30.8. The van der Waals surface area contributed by atoms with Crippen LogP contribution in [0.15, 0.2) is 0 Å². The number of rotatable bonds is 13. The standard InChI is InChI=1S/C16H35N3O3S/c1-23(20,21)19(11-7-5-3-2-4-6-9-17)12-8-10-18-13-15-22-16-14-18/h2-17H2,1H3. The van der Waals surface area contributed by atoms with Crippen molar-refractivity contribution in [1.82, 2.24) is 9.21 Å². The van der Waals surface area contributed by atoms with E-state index in [0.717, 1.165) is 65.1 Å². The van der Waals surface area contributed by atoms with Crippen LogP contribution in [-0.2, 0) is 14.8 Å². The summed E-state index contributed by atoms with van der Waals surface area (Å²) in [5.41, 5.74) is 5.47. The van der Waals surface area contributed by atoms with Crippen LogP contribution in [0.2, 0.25) is 0 Å². The first-order chi connectivity index (χ1) is 11.0. The van der Waals surface area contributed by atoms with E-state index in [2.05, 4.69) is 4.90 Å². The number of nitrogens with zero attached hydrogens (tertiary/aromatic N) is 2. The van der Waals surface area contributed by atoms with Crippen molar-refractivity contribution in [3.05, 3.63) is 0 Å². The van der Waals surface area contributed by atoms with E-state index in [9.17, 15) is 8.42 Å². The molecule has 0 spiro atoms. The van der Waals surface area contributed by atoms with Crippen LogP contribution < -0.4 is 5.73 Å². The molecule has 0 bridgehead atoms. The Morgan fingerprint density at radius 3 is 2.13 bits per heavy atom. The van der Waals surface area contributed by atoms with Gasteiger partial charge in [-0.05, 0) is 32.4 Å². The fourth-order valence-corrected chi connectivity index (χ4v) is 3.80. The van der Waals surface area contributed by atoms with Gasteiger partial charge in [0.25, 0.3) is 0 Å². The zero-order valence-electron chi connectivity index (χ0n) is 14.7. The van der Waals surface area contributed by atoms with Crippen LogP contribution in [0.5, 0.6) is 0 Å². The van der Waals surface area contributed by atoms with E-state index in [4.69, 9.17) is 10.5 Å². The zero-order valence-corrected chi connectivity index (χ0v) is 15.5. The van der Waals surface area contributed by atoms with Crippen LogP contribution in [0, 0.1) is 0 Å². The van der Waals surface area contributed by atoms with Crippen LogP contribution >= 0.6 is 0 Å². The van der Waals surface area contributed by atoms with Crippen LogP contribution in [0.1, 0.15) is 44.9 Å². The van der Waals surface area contributed by atoms with Gasteiger partial charge in [0, 0.05) is 26.2 Å². The van der Waals surface area contributed by atoms with Crippen LogP contribution in [0.4, 0.5) is 0 Å². The molecule has 1 rings (SSSR count). The lowest BCUT2D eigenvalue weighted by molar-refractivity contribution is 0.0369. The number of ether oxygens (including phenoxy) is 1. The molecule has 1 saturated heterocycles. The fourth-order valence-electron chi connectivity index (χ4n) is 2.88. The SMILES string of the molecule is CS(=O)(=O)N(CCCCCCCCN)CCCN1CCOCC1. The molecule has 1 fully saturated rings. The van der Waals surface area contributed by atoms with E-state index in [0.29, 0.717) is 13.1 Å². The topological polar surface area (TPSA) is 75.9 Å². The van der Waals surface area contributed by atoms with Crippen molar-refractivity contribution in [1.29, 1.82) is 0 Å². The van der Waals surface area contributed by atoms with E-state index in [1.807, 2.05) is 0 Å². The van der Waals surface area contributed by atoms with E-state index in [1.165, 1.54) is 25.5 Å². The monoisotopic (exact) mass is 349 g/mol. The minimum absolute atomic E-state index is 0.628. The molecule has 0 aliphatic carbocycles. The maximum Gasteiger partial charge on any atom is 0.211 e. The van der Waals surface area contributed by atoms with Gasteiger partial charge in [0.1, 0.15) is 0 Å². The Kier molecular flexibility index (Phi) is 11.0. The number of hydrogen-bond acceptors (Lipinski definition) is 5. The Bertz CT molecular complexity index is 384. The molecule has 0 aromatic heterocycles. The average Bonchev–Trinajstić information content (AvgIpc) is 2.52. The molecule has 0 aromatic rings. The molecular weight excluding hydrogens is 314 g/mol. The van der Waals surface area contributed by atoms with Crippen molar-refractivity contribution >= 4 is 10.0 Å². The molecule has 0 saturated carbocycles. The van der Waals surface area contributed by atoms with Crippen molar-refractivity contribution in [3.8, 4) is 0 Å². The van der Waals surface area contributed by atoms with Crippen molar-refractivity contribution in [2.75, 3.05) is 58.7 Å². The highest BCUT2D eigenvalue weighted by atomic mass is 32.2. The lowest BCUT2D eigenvalue weighted by Gasteiger charge is -2.27. The summed E-state index contributed by atoms with van der Waals surface area (Å²) in [5.74, 6) is 0. The summed E-state index contributed by atoms with van der Waals surface area (Å²) in [6.07, 6.45) is 8.92. The Labute approximate surface area is 142 Å². The van der Waals surface area contributed by atoms with Crippen molar-refractivity contribution in [2.24, 2.45) is 5.73 Å². The molecule has 0 unspecified atom stereocenters. The summed E-state index contributed by atoms with van der Waals surface area (Å²) in [6.45, 7) is 6.50. The molecule has 1 aliphatic heterocycles. The summed E-state index contributed by atoms with van der Waals surface area (Å²) in [4.78, 5) is 2.35. The van der Waals surface area contributed by atoms with Gasteiger partial charge < -0.3 is 10.5 Å². The number of unbranched alkanes of at least 4 members (excludes halogenated alkanes) is 5. The lowest BCUT2D eigenvalue weighted by Crippen LogP contribution is -2.39. The minimum Gasteiger partial charge on any atom is -0.379 e. The average molecular weight is 350 g/mol. The molecule has 0 amide bonds. The summed E-state index contributed by atoms with van der Waals surface area (Å²) >= 11 is 0. The van der Waals surface area contributed by atoms with Gasteiger partial charge in [-0.1, -0.05) is 25.7 Å². The number of hydrogen-bond donors (Lipinski definition) is 1. The molecule has 0 aromatic carbocycles. The van der Waals surface area contributed by atoms with Crippen LogP contribution in [-0.4, -0.2) is 76.4 Å². The molecule has 0 atom stereocenters. The highest BCUT2D eigenvalue weighted by Crippen LogP contribution is 2.09. The smallest absolute Gasteiger partial charge is 0.211 e. The molecule has 1 heterocycles. The molecule has 6 nitrogen and oxygen atoms in total. The molecule has 138 valence electrons. The predicted octanol–water partition coefficient (Wildman–Crippen LogP) is 1.27. The van der Waals surface area contributed by atoms with E-state index >= 15 is 0 Å². The normalized spacial score (nSPS) is 17.0. The molecule has 23 heavy (non-hydrogen) atoms. The summed E-state index contributed by atoms with van der Waals surface area (Å²) in [6, 6.07) is 0. The van der Waals surface area contributed by atoms with E-state index in [1.54, 1.807) is 4.31 Å². The molecular formula is C16H35N3O3S. The highest BCUT2D eigenvalue weighted by Gasteiger charge is 2.17. The first-order valence-electron chi connectivity index (χ1n) is 8.99. The van der Waals surface area contributed by atoms with Crippen LogP contribution in [0.25, 0.3) is 0 Å². The van der Waals surface area contributed by atoms with Gasteiger partial charge in [0.2, 0.25) is 10.0 Å². The summed E-state index contributed by atoms with van der Waals surface area (Å²) in [5, 5.41) is 0.